The van der Waals surface area contributed by atoms with E-state index in [2.05, 4.69) is 20.2 Å². The second-order valence-electron chi connectivity index (χ2n) is 10.8. The zero-order valence-electron chi connectivity index (χ0n) is 22.7. The molecule has 212 valence electrons. The normalized spacial score (nSPS) is 18.2. The summed E-state index contributed by atoms with van der Waals surface area (Å²) in [5, 5.41) is 12.5. The van der Waals surface area contributed by atoms with Crippen molar-refractivity contribution in [3.63, 3.8) is 0 Å². The van der Waals surface area contributed by atoms with Gasteiger partial charge in [0.15, 0.2) is 11.5 Å². The quantitative estimate of drug-likeness (QED) is 0.389. The number of ketones is 1. The number of rotatable bonds is 5. The molecule has 1 saturated heterocycles. The third-order valence-corrected chi connectivity index (χ3v) is 7.97. The lowest BCUT2D eigenvalue weighted by Gasteiger charge is -2.32. The fourth-order valence-corrected chi connectivity index (χ4v) is 5.72. The Morgan fingerprint density at radius 1 is 1.02 bits per heavy atom. The van der Waals surface area contributed by atoms with Crippen molar-refractivity contribution in [1.29, 1.82) is 0 Å². The Labute approximate surface area is 234 Å². The number of carbonyl (C=O) groups excluding carboxylic acids is 2. The Balaban J connectivity index is 1.38. The molecule has 0 aliphatic carbocycles. The van der Waals surface area contributed by atoms with Crippen LogP contribution in [0.2, 0.25) is 0 Å². The third-order valence-electron chi connectivity index (χ3n) is 7.97. The lowest BCUT2D eigenvalue weighted by atomic mass is 9.85. The van der Waals surface area contributed by atoms with Crippen LogP contribution in [0.4, 0.5) is 13.2 Å². The molecule has 1 unspecified atom stereocenters. The van der Waals surface area contributed by atoms with Crippen LogP contribution in [0, 0.1) is 0 Å². The molecule has 1 amide bonds. The van der Waals surface area contributed by atoms with Crippen LogP contribution in [0.25, 0.3) is 10.9 Å². The summed E-state index contributed by atoms with van der Waals surface area (Å²) in [4.78, 5) is 31.2. The molecule has 0 radical (unpaired) electrons. The fourth-order valence-electron chi connectivity index (χ4n) is 5.72. The highest BCUT2D eigenvalue weighted by atomic mass is 19.4. The molecule has 4 heterocycles. The summed E-state index contributed by atoms with van der Waals surface area (Å²) < 4.78 is 41.7. The molecule has 2 aromatic heterocycles. The standard InChI is InChI=1S/C30H29F3N6O2/c1-18-13-23-16-25(29(41)38-11-9-37(2)10-12-38)36-39(23)28(20-4-6-22(7-5-20)30(31,32)33)27(18)26(40)15-19-3-8-24-21(14-19)17-34-35-24/h3-8,14,16-17,28H,9-13,15H2,1-2H3,(H,34,35). The second kappa shape index (κ2) is 10.3. The second-order valence-corrected chi connectivity index (χ2v) is 10.8. The molecule has 11 heteroatoms. The number of benzene rings is 2. The number of amides is 1. The molecule has 2 aliphatic rings. The number of aromatic amines is 1. The predicted octanol–water partition coefficient (Wildman–Crippen LogP) is 4.44. The number of alkyl halides is 3. The summed E-state index contributed by atoms with van der Waals surface area (Å²) >= 11 is 0. The molecule has 1 fully saturated rings. The fraction of sp³-hybridized carbons (Fsp3) is 0.333. The Kier molecular flexibility index (Phi) is 6.77. The number of allylic oxidation sites excluding steroid dienone is 2. The van der Waals surface area contributed by atoms with Gasteiger partial charge in [-0.05, 0) is 55.4 Å². The number of halogens is 3. The molecule has 0 saturated carbocycles. The van der Waals surface area contributed by atoms with Crippen LogP contribution in [-0.4, -0.2) is 74.7 Å². The summed E-state index contributed by atoms with van der Waals surface area (Å²) in [6, 6.07) is 11.4. The number of piperazine rings is 1. The van der Waals surface area contributed by atoms with Crippen molar-refractivity contribution in [1.82, 2.24) is 29.8 Å². The van der Waals surface area contributed by atoms with Crippen LogP contribution in [0.1, 0.15) is 45.8 Å². The van der Waals surface area contributed by atoms with Crippen LogP contribution < -0.4 is 0 Å². The zero-order valence-corrected chi connectivity index (χ0v) is 22.7. The Morgan fingerprint density at radius 2 is 1.76 bits per heavy atom. The zero-order chi connectivity index (χ0) is 28.9. The highest BCUT2D eigenvalue weighted by molar-refractivity contribution is 6.00. The maximum Gasteiger partial charge on any atom is 0.416 e. The molecule has 41 heavy (non-hydrogen) atoms. The first-order valence-electron chi connectivity index (χ1n) is 13.5. The molecule has 4 aromatic rings. The molecule has 2 aromatic carbocycles. The van der Waals surface area contributed by atoms with E-state index in [0.717, 1.165) is 53.0 Å². The first-order valence-corrected chi connectivity index (χ1v) is 13.5. The Morgan fingerprint density at radius 3 is 2.46 bits per heavy atom. The molecule has 0 bridgehead atoms. The number of hydrogen-bond acceptors (Lipinski definition) is 5. The summed E-state index contributed by atoms with van der Waals surface area (Å²) in [5.41, 5.74) is 3.67. The van der Waals surface area contributed by atoms with Gasteiger partial charge in [-0.3, -0.25) is 19.4 Å². The van der Waals surface area contributed by atoms with E-state index >= 15 is 0 Å². The molecule has 1 atom stereocenters. The van der Waals surface area contributed by atoms with Gasteiger partial charge in [0.25, 0.3) is 5.91 Å². The van der Waals surface area contributed by atoms with Crippen molar-refractivity contribution in [3.05, 3.63) is 94.0 Å². The number of likely N-dealkylation sites (N-methyl/N-ethyl adjacent to an activating group) is 1. The molecule has 0 spiro atoms. The maximum absolute atomic E-state index is 13.9. The Hall–Kier alpha value is -4.25. The highest BCUT2D eigenvalue weighted by Gasteiger charge is 2.36. The SMILES string of the molecule is CC1=C(C(=O)Cc2ccc3[nH]ncc3c2)C(c2ccc(C(F)(F)F)cc2)n2nc(C(=O)N3CCN(C)CC3)cc2C1. The summed E-state index contributed by atoms with van der Waals surface area (Å²) in [6.45, 7) is 4.56. The van der Waals surface area contributed by atoms with Gasteiger partial charge in [-0.15, -0.1) is 0 Å². The van der Waals surface area contributed by atoms with Crippen molar-refractivity contribution in [2.24, 2.45) is 0 Å². The molecular weight excluding hydrogens is 533 g/mol. The van der Waals surface area contributed by atoms with Crippen molar-refractivity contribution < 1.29 is 22.8 Å². The van der Waals surface area contributed by atoms with E-state index in [-0.39, 0.29) is 23.8 Å². The molecule has 6 rings (SSSR count). The van der Waals surface area contributed by atoms with E-state index in [1.807, 2.05) is 32.2 Å². The number of nitrogens with one attached hydrogen (secondary N) is 1. The lowest BCUT2D eigenvalue weighted by molar-refractivity contribution is -0.137. The van der Waals surface area contributed by atoms with Gasteiger partial charge >= 0.3 is 6.18 Å². The number of aromatic nitrogens is 4. The highest BCUT2D eigenvalue weighted by Crippen LogP contribution is 2.38. The van der Waals surface area contributed by atoms with Crippen LogP contribution >= 0.6 is 0 Å². The van der Waals surface area contributed by atoms with Crippen LogP contribution in [-0.2, 0) is 23.8 Å². The number of fused-ring (bicyclic) bond motifs is 2. The van der Waals surface area contributed by atoms with E-state index in [1.165, 1.54) is 12.1 Å². The summed E-state index contributed by atoms with van der Waals surface area (Å²) in [5.74, 6) is -0.339. The molecule has 8 nitrogen and oxygen atoms in total. The van der Waals surface area contributed by atoms with Crippen LogP contribution in [0.3, 0.4) is 0 Å². The number of H-pyrrole nitrogens is 1. The number of nitrogens with zero attached hydrogens (tertiary/aromatic N) is 5. The van der Waals surface area contributed by atoms with E-state index in [4.69, 9.17) is 0 Å². The maximum atomic E-state index is 13.9. The van der Waals surface area contributed by atoms with Crippen molar-refractivity contribution in [3.8, 4) is 0 Å². The third kappa shape index (κ3) is 5.17. The van der Waals surface area contributed by atoms with Gasteiger partial charge in [-0.25, -0.2) is 0 Å². The van der Waals surface area contributed by atoms with Gasteiger partial charge < -0.3 is 9.80 Å². The lowest BCUT2D eigenvalue weighted by Crippen LogP contribution is -2.47. The van der Waals surface area contributed by atoms with Gasteiger partial charge in [0.2, 0.25) is 0 Å². The van der Waals surface area contributed by atoms with Crippen LogP contribution in [0.15, 0.2) is 65.9 Å². The largest absolute Gasteiger partial charge is 0.416 e. The van der Waals surface area contributed by atoms with Crippen molar-refractivity contribution in [2.75, 3.05) is 33.2 Å². The smallest absolute Gasteiger partial charge is 0.335 e. The monoisotopic (exact) mass is 562 g/mol. The number of Topliss-reactive ketones (excluding diaryl/α,β-unsaturated/α-hetero) is 1. The van der Waals surface area contributed by atoms with Crippen molar-refractivity contribution in [2.45, 2.75) is 32.0 Å². The number of carbonyl (C=O) groups is 2. The van der Waals surface area contributed by atoms with Gasteiger partial charge in [-0.2, -0.15) is 23.4 Å². The van der Waals surface area contributed by atoms with Crippen LogP contribution in [0.5, 0.6) is 0 Å². The predicted molar refractivity (Wildman–Crippen MR) is 146 cm³/mol. The van der Waals surface area contributed by atoms with Gasteiger partial charge in [0.05, 0.1) is 17.3 Å². The van der Waals surface area contributed by atoms with Gasteiger partial charge in [0, 0.05) is 55.7 Å². The van der Waals surface area contributed by atoms with Gasteiger partial charge in [-0.1, -0.05) is 23.8 Å². The van der Waals surface area contributed by atoms with E-state index in [0.29, 0.717) is 30.6 Å². The topological polar surface area (TPSA) is 87.1 Å². The van der Waals surface area contributed by atoms with Gasteiger partial charge in [0.1, 0.15) is 6.04 Å². The van der Waals surface area contributed by atoms with E-state index in [1.54, 1.807) is 21.8 Å². The number of hydrogen-bond donors (Lipinski definition) is 1. The van der Waals surface area contributed by atoms with Crippen molar-refractivity contribution >= 4 is 22.6 Å². The molecule has 1 N–H and O–H groups in total. The minimum absolute atomic E-state index is 0.106. The van der Waals surface area contributed by atoms with E-state index in [9.17, 15) is 22.8 Å². The van der Waals surface area contributed by atoms with E-state index < -0.39 is 17.8 Å². The summed E-state index contributed by atoms with van der Waals surface area (Å²) in [6.07, 6.45) is -2.29. The molecule has 2 aliphatic heterocycles. The minimum Gasteiger partial charge on any atom is -0.335 e. The average molecular weight is 563 g/mol. The molecular formula is C30H29F3N6O2. The minimum atomic E-state index is -4.49. The average Bonchev–Trinajstić information content (AvgIpc) is 3.58. The first kappa shape index (κ1) is 26.9. The first-order chi connectivity index (χ1) is 19.6. The summed E-state index contributed by atoms with van der Waals surface area (Å²) in [7, 11) is 2.01. The Bertz CT molecular complexity index is 1660.